The summed E-state index contributed by atoms with van der Waals surface area (Å²) in [7, 11) is 0. The molecule has 0 saturated carbocycles. The Morgan fingerprint density at radius 3 is 2.82 bits per heavy atom. The van der Waals surface area contributed by atoms with Gasteiger partial charge < -0.3 is 5.11 Å². The van der Waals surface area contributed by atoms with Crippen molar-refractivity contribution >= 4 is 17.6 Å². The fraction of sp³-hybridized carbons (Fsp3) is 0.625. The molecule has 0 bridgehead atoms. The van der Waals surface area contributed by atoms with E-state index in [-0.39, 0.29) is 11.8 Å². The molecule has 0 aromatic rings. The van der Waals surface area contributed by atoms with Gasteiger partial charge in [-0.2, -0.15) is 0 Å². The van der Waals surface area contributed by atoms with E-state index in [1.165, 1.54) is 0 Å². The van der Waals surface area contributed by atoms with Gasteiger partial charge in [0.15, 0.2) is 0 Å². The average molecular weight is 177 g/mol. The highest BCUT2D eigenvalue weighted by Gasteiger charge is 1.96. The van der Waals surface area contributed by atoms with Crippen LogP contribution in [-0.2, 0) is 4.79 Å². The van der Waals surface area contributed by atoms with E-state index in [1.807, 2.05) is 6.92 Å². The third-order valence-corrected chi connectivity index (χ3v) is 1.57. The quantitative estimate of drug-likeness (QED) is 0.516. The average Bonchev–Trinajstić information content (AvgIpc) is 1.87. The molecule has 11 heavy (non-hydrogen) atoms. The first kappa shape index (κ1) is 10.5. The molecular formula is C8H13ClO2. The summed E-state index contributed by atoms with van der Waals surface area (Å²) in [5, 5.41) is 8.25. The summed E-state index contributed by atoms with van der Waals surface area (Å²) in [6, 6.07) is 0. The Morgan fingerprint density at radius 2 is 2.36 bits per heavy atom. The molecule has 0 rings (SSSR count). The lowest BCUT2D eigenvalue weighted by molar-refractivity contribution is -0.136. The first-order valence-electron chi connectivity index (χ1n) is 3.69. The van der Waals surface area contributed by atoms with Crippen LogP contribution in [0.2, 0.25) is 0 Å². The van der Waals surface area contributed by atoms with E-state index < -0.39 is 5.97 Å². The van der Waals surface area contributed by atoms with Crippen molar-refractivity contribution in [3.05, 3.63) is 12.2 Å². The van der Waals surface area contributed by atoms with Crippen LogP contribution in [0.15, 0.2) is 12.2 Å². The number of hydrogen-bond acceptors (Lipinski definition) is 1. The second-order valence-corrected chi connectivity index (χ2v) is 2.89. The van der Waals surface area contributed by atoms with Crippen LogP contribution in [0.5, 0.6) is 0 Å². The van der Waals surface area contributed by atoms with Crippen LogP contribution in [0.25, 0.3) is 0 Å². The minimum absolute atomic E-state index is 0.0145. The van der Waals surface area contributed by atoms with E-state index in [1.54, 1.807) is 12.2 Å². The van der Waals surface area contributed by atoms with E-state index in [9.17, 15) is 4.79 Å². The zero-order valence-electron chi connectivity index (χ0n) is 6.59. The highest BCUT2D eigenvalue weighted by Crippen LogP contribution is 2.06. The monoisotopic (exact) mass is 176 g/mol. The van der Waals surface area contributed by atoms with Gasteiger partial charge in [0.05, 0.1) is 11.8 Å². The van der Waals surface area contributed by atoms with Crippen molar-refractivity contribution in [2.75, 3.05) is 0 Å². The molecule has 0 aromatic carbocycles. The van der Waals surface area contributed by atoms with Gasteiger partial charge in [-0.3, -0.25) is 4.79 Å². The predicted molar refractivity (Wildman–Crippen MR) is 45.9 cm³/mol. The standard InChI is InChI=1S/C8H13ClO2/c1-2-4-7(9)5-3-6-8(10)11/h3,5,7H,2,4,6H2,1H3,(H,10,11)/b5-3+. The third kappa shape index (κ3) is 7.40. The van der Waals surface area contributed by atoms with Crippen LogP contribution in [0.4, 0.5) is 0 Å². The van der Waals surface area contributed by atoms with E-state index in [0.717, 1.165) is 12.8 Å². The SMILES string of the molecule is CCCC(Cl)/C=C/CC(=O)O. The van der Waals surface area contributed by atoms with E-state index in [4.69, 9.17) is 16.7 Å². The van der Waals surface area contributed by atoms with Gasteiger partial charge in [-0.25, -0.2) is 0 Å². The molecule has 64 valence electrons. The van der Waals surface area contributed by atoms with Gasteiger partial charge in [-0.15, -0.1) is 11.6 Å². The smallest absolute Gasteiger partial charge is 0.307 e. The molecule has 2 nitrogen and oxygen atoms in total. The second-order valence-electron chi connectivity index (χ2n) is 2.33. The first-order valence-corrected chi connectivity index (χ1v) is 4.13. The summed E-state index contributed by atoms with van der Waals surface area (Å²) in [4.78, 5) is 10.0. The number of carbonyl (C=O) groups is 1. The molecule has 0 fully saturated rings. The number of carboxylic acids is 1. The molecule has 1 N–H and O–H groups in total. The summed E-state index contributed by atoms with van der Waals surface area (Å²) in [5.74, 6) is -0.818. The molecule has 0 radical (unpaired) electrons. The maximum Gasteiger partial charge on any atom is 0.307 e. The maximum atomic E-state index is 10.0. The number of rotatable bonds is 5. The fourth-order valence-corrected chi connectivity index (χ4v) is 1.01. The molecule has 0 amide bonds. The van der Waals surface area contributed by atoms with Crippen molar-refractivity contribution < 1.29 is 9.90 Å². The molecule has 0 aliphatic rings. The molecule has 3 heteroatoms. The van der Waals surface area contributed by atoms with Crippen LogP contribution < -0.4 is 0 Å². The van der Waals surface area contributed by atoms with Crippen molar-refractivity contribution in [3.63, 3.8) is 0 Å². The minimum Gasteiger partial charge on any atom is -0.481 e. The summed E-state index contributed by atoms with van der Waals surface area (Å²) >= 11 is 5.78. The zero-order chi connectivity index (χ0) is 8.69. The number of hydrogen-bond donors (Lipinski definition) is 1. The molecular weight excluding hydrogens is 164 g/mol. The molecule has 0 aliphatic heterocycles. The lowest BCUT2D eigenvalue weighted by atomic mass is 10.2. The van der Waals surface area contributed by atoms with Gasteiger partial charge >= 0.3 is 5.97 Å². The highest BCUT2D eigenvalue weighted by atomic mass is 35.5. The predicted octanol–water partition coefficient (Wildman–Crippen LogP) is 2.42. The Bertz CT molecular complexity index is 143. The molecule has 0 aromatic heterocycles. The summed E-state index contributed by atoms with van der Waals surface area (Å²) in [5.41, 5.74) is 0. The van der Waals surface area contributed by atoms with Crippen molar-refractivity contribution in [2.45, 2.75) is 31.6 Å². The normalized spacial score (nSPS) is 13.6. The Kier molecular flexibility index (Phi) is 5.94. The molecule has 1 unspecified atom stereocenters. The van der Waals surface area contributed by atoms with Crippen LogP contribution in [0, 0.1) is 0 Å². The molecule has 0 aliphatic carbocycles. The molecule has 0 spiro atoms. The van der Waals surface area contributed by atoms with Gasteiger partial charge in [-0.05, 0) is 6.42 Å². The third-order valence-electron chi connectivity index (χ3n) is 1.20. The van der Waals surface area contributed by atoms with Crippen molar-refractivity contribution in [2.24, 2.45) is 0 Å². The number of aliphatic carboxylic acids is 1. The second kappa shape index (κ2) is 6.23. The molecule has 0 heterocycles. The van der Waals surface area contributed by atoms with E-state index in [2.05, 4.69) is 0 Å². The molecule has 1 atom stereocenters. The molecule has 0 saturated heterocycles. The number of alkyl halides is 1. The lowest BCUT2D eigenvalue weighted by Crippen LogP contribution is -1.94. The van der Waals surface area contributed by atoms with Crippen molar-refractivity contribution in [3.8, 4) is 0 Å². The Morgan fingerprint density at radius 1 is 1.73 bits per heavy atom. The van der Waals surface area contributed by atoms with Crippen molar-refractivity contribution in [1.29, 1.82) is 0 Å². The Labute approximate surface area is 71.9 Å². The van der Waals surface area contributed by atoms with Gasteiger partial charge in [0.25, 0.3) is 0 Å². The van der Waals surface area contributed by atoms with Gasteiger partial charge in [0.2, 0.25) is 0 Å². The van der Waals surface area contributed by atoms with Gasteiger partial charge in [0.1, 0.15) is 0 Å². The zero-order valence-corrected chi connectivity index (χ0v) is 7.34. The maximum absolute atomic E-state index is 10.0. The van der Waals surface area contributed by atoms with Crippen LogP contribution in [0.3, 0.4) is 0 Å². The largest absolute Gasteiger partial charge is 0.481 e. The Balaban J connectivity index is 3.47. The summed E-state index contributed by atoms with van der Waals surface area (Å²) in [6.45, 7) is 2.04. The van der Waals surface area contributed by atoms with Gasteiger partial charge in [-0.1, -0.05) is 25.5 Å². The summed E-state index contributed by atoms with van der Waals surface area (Å²) < 4.78 is 0. The lowest BCUT2D eigenvalue weighted by Gasteiger charge is -1.98. The fourth-order valence-electron chi connectivity index (χ4n) is 0.689. The van der Waals surface area contributed by atoms with Crippen LogP contribution in [0.1, 0.15) is 26.2 Å². The number of carboxylic acid groups (broad SMARTS) is 1. The Hall–Kier alpha value is -0.500. The first-order chi connectivity index (χ1) is 5.16. The van der Waals surface area contributed by atoms with Gasteiger partial charge in [0, 0.05) is 0 Å². The number of allylic oxidation sites excluding steroid dienone is 1. The van der Waals surface area contributed by atoms with E-state index >= 15 is 0 Å². The minimum atomic E-state index is -0.818. The van der Waals surface area contributed by atoms with Crippen LogP contribution >= 0.6 is 11.6 Å². The highest BCUT2D eigenvalue weighted by molar-refractivity contribution is 6.21. The van der Waals surface area contributed by atoms with E-state index in [0.29, 0.717) is 0 Å². The van der Waals surface area contributed by atoms with Crippen LogP contribution in [-0.4, -0.2) is 16.5 Å². The topological polar surface area (TPSA) is 37.3 Å². The summed E-state index contributed by atoms with van der Waals surface area (Å²) in [6.07, 6.45) is 5.31. The van der Waals surface area contributed by atoms with Crippen molar-refractivity contribution in [1.82, 2.24) is 0 Å². The number of halogens is 1.